The fraction of sp³-hybridized carbons (Fsp3) is 0.0714. The van der Waals surface area contributed by atoms with Crippen molar-refractivity contribution in [2.45, 2.75) is 0 Å². The van der Waals surface area contributed by atoms with Gasteiger partial charge in [0, 0.05) is 12.1 Å². The maximum Gasteiger partial charge on any atom is 0.203 e. The van der Waals surface area contributed by atoms with Gasteiger partial charge in [0.15, 0.2) is 18.2 Å². The number of hydrogen-bond acceptors (Lipinski definition) is 4. The molecule has 0 spiro atoms. The van der Waals surface area contributed by atoms with E-state index in [-0.39, 0.29) is 17.1 Å². The molecule has 6 heteroatoms. The summed E-state index contributed by atoms with van der Waals surface area (Å²) in [6.45, 7) is -0.527. The molecule has 0 aliphatic rings. The van der Waals surface area contributed by atoms with Gasteiger partial charge in [0.1, 0.15) is 17.3 Å². The minimum absolute atomic E-state index is 0.0645. The van der Waals surface area contributed by atoms with Gasteiger partial charge in [-0.05, 0) is 24.3 Å². The van der Waals surface area contributed by atoms with Gasteiger partial charge in [0.25, 0.3) is 0 Å². The molecule has 0 unspecified atom stereocenters. The Morgan fingerprint density at radius 3 is 2.50 bits per heavy atom. The van der Waals surface area contributed by atoms with Crippen molar-refractivity contribution in [2.24, 2.45) is 0 Å². The molecular formula is C14H10F2O4. The van der Waals surface area contributed by atoms with Crippen molar-refractivity contribution < 1.29 is 28.5 Å². The van der Waals surface area contributed by atoms with Gasteiger partial charge in [-0.2, -0.15) is 0 Å². The lowest BCUT2D eigenvalue weighted by Gasteiger charge is -2.08. The van der Waals surface area contributed by atoms with E-state index in [0.717, 1.165) is 18.2 Å². The second-order valence-corrected chi connectivity index (χ2v) is 3.99. The van der Waals surface area contributed by atoms with Crippen molar-refractivity contribution in [3.63, 3.8) is 0 Å². The number of rotatable bonds is 4. The highest BCUT2D eigenvalue weighted by atomic mass is 19.1. The average molecular weight is 280 g/mol. The smallest absolute Gasteiger partial charge is 0.203 e. The van der Waals surface area contributed by atoms with Crippen LogP contribution in [0.5, 0.6) is 17.2 Å². The third-order valence-electron chi connectivity index (χ3n) is 2.53. The van der Waals surface area contributed by atoms with E-state index >= 15 is 0 Å². The Labute approximate surface area is 112 Å². The minimum Gasteiger partial charge on any atom is -0.508 e. The Morgan fingerprint density at radius 1 is 1.10 bits per heavy atom. The summed E-state index contributed by atoms with van der Waals surface area (Å²) in [5.41, 5.74) is -0.0645. The summed E-state index contributed by atoms with van der Waals surface area (Å²) < 4.78 is 30.9. The van der Waals surface area contributed by atoms with Crippen LogP contribution in [0.25, 0.3) is 0 Å². The zero-order valence-corrected chi connectivity index (χ0v) is 10.1. The fourth-order valence-electron chi connectivity index (χ4n) is 1.57. The van der Waals surface area contributed by atoms with Crippen molar-refractivity contribution in [1.29, 1.82) is 0 Å². The molecule has 0 amide bonds. The highest BCUT2D eigenvalue weighted by Crippen LogP contribution is 2.23. The maximum atomic E-state index is 13.3. The lowest BCUT2D eigenvalue weighted by molar-refractivity contribution is 0.0916. The van der Waals surface area contributed by atoms with E-state index in [1.165, 1.54) is 12.1 Å². The van der Waals surface area contributed by atoms with Crippen molar-refractivity contribution in [3.8, 4) is 17.2 Å². The van der Waals surface area contributed by atoms with Crippen LogP contribution >= 0.6 is 0 Å². The first-order chi connectivity index (χ1) is 9.47. The lowest BCUT2D eigenvalue weighted by atomic mass is 10.1. The number of Topliss-reactive ketones (excluding diaryl/α,β-unsaturated/α-hetero) is 1. The zero-order valence-electron chi connectivity index (χ0n) is 10.1. The molecule has 0 fully saturated rings. The second-order valence-electron chi connectivity index (χ2n) is 3.99. The van der Waals surface area contributed by atoms with E-state index in [9.17, 15) is 18.7 Å². The average Bonchev–Trinajstić information content (AvgIpc) is 2.37. The van der Waals surface area contributed by atoms with Crippen LogP contribution in [0.1, 0.15) is 10.4 Å². The first-order valence-corrected chi connectivity index (χ1v) is 5.60. The Morgan fingerprint density at radius 2 is 1.85 bits per heavy atom. The minimum atomic E-state index is -0.923. The molecule has 0 saturated heterocycles. The highest BCUT2D eigenvalue weighted by molar-refractivity contribution is 5.99. The molecule has 2 rings (SSSR count). The van der Waals surface area contributed by atoms with Gasteiger partial charge in [-0.3, -0.25) is 4.79 Å². The van der Waals surface area contributed by atoms with E-state index in [1.807, 2.05) is 0 Å². The number of ketones is 1. The number of phenolic OH excluding ortho intramolecular Hbond substituents is 2. The topological polar surface area (TPSA) is 66.8 Å². The number of carbonyl (C=O) groups excluding carboxylic acids is 1. The van der Waals surface area contributed by atoms with E-state index in [4.69, 9.17) is 9.84 Å². The van der Waals surface area contributed by atoms with Gasteiger partial charge in [0.05, 0.1) is 5.56 Å². The molecule has 0 heterocycles. The third-order valence-corrected chi connectivity index (χ3v) is 2.53. The predicted molar refractivity (Wildman–Crippen MR) is 66.0 cm³/mol. The second kappa shape index (κ2) is 5.56. The number of halogens is 2. The van der Waals surface area contributed by atoms with Crippen LogP contribution in [-0.2, 0) is 0 Å². The van der Waals surface area contributed by atoms with Gasteiger partial charge in [-0.25, -0.2) is 8.78 Å². The molecule has 4 nitrogen and oxygen atoms in total. The number of ether oxygens (including phenoxy) is 1. The molecule has 0 saturated carbocycles. The van der Waals surface area contributed by atoms with Gasteiger partial charge >= 0.3 is 0 Å². The van der Waals surface area contributed by atoms with Crippen LogP contribution in [-0.4, -0.2) is 22.6 Å². The molecule has 2 aromatic rings. The van der Waals surface area contributed by atoms with Crippen LogP contribution in [0.15, 0.2) is 36.4 Å². The van der Waals surface area contributed by atoms with E-state index in [0.29, 0.717) is 6.07 Å². The van der Waals surface area contributed by atoms with Crippen molar-refractivity contribution in [3.05, 3.63) is 53.6 Å². The third kappa shape index (κ3) is 3.03. The first-order valence-electron chi connectivity index (χ1n) is 5.60. The van der Waals surface area contributed by atoms with Crippen LogP contribution < -0.4 is 4.74 Å². The number of carbonyl (C=O) groups is 1. The lowest BCUT2D eigenvalue weighted by Crippen LogP contribution is -2.12. The molecule has 0 aromatic heterocycles. The van der Waals surface area contributed by atoms with E-state index < -0.39 is 29.8 Å². The van der Waals surface area contributed by atoms with Gasteiger partial charge in [-0.15, -0.1) is 0 Å². The first kappa shape index (κ1) is 13.8. The van der Waals surface area contributed by atoms with Crippen molar-refractivity contribution in [2.75, 3.05) is 6.61 Å². The summed E-state index contributed by atoms with van der Waals surface area (Å²) in [6.07, 6.45) is 0. The summed E-state index contributed by atoms with van der Waals surface area (Å²) in [5.74, 6) is -3.14. The summed E-state index contributed by atoms with van der Waals surface area (Å²) in [7, 11) is 0. The van der Waals surface area contributed by atoms with Crippen LogP contribution in [0.3, 0.4) is 0 Å². The molecular weight excluding hydrogens is 270 g/mol. The Hall–Kier alpha value is -2.63. The largest absolute Gasteiger partial charge is 0.508 e. The number of phenols is 2. The van der Waals surface area contributed by atoms with Crippen molar-refractivity contribution >= 4 is 5.78 Å². The fourth-order valence-corrected chi connectivity index (χ4v) is 1.57. The summed E-state index contributed by atoms with van der Waals surface area (Å²) in [5, 5.41) is 18.6. The predicted octanol–water partition coefficient (Wildman–Crippen LogP) is 2.64. The summed E-state index contributed by atoms with van der Waals surface area (Å²) in [4.78, 5) is 11.8. The number of hydrogen-bond donors (Lipinski definition) is 2. The van der Waals surface area contributed by atoms with Crippen LogP contribution in [0, 0.1) is 11.6 Å². The zero-order chi connectivity index (χ0) is 14.7. The van der Waals surface area contributed by atoms with E-state index in [2.05, 4.69) is 0 Å². The molecule has 0 aliphatic heterocycles. The molecule has 0 radical (unpaired) electrons. The normalized spacial score (nSPS) is 10.3. The SMILES string of the molecule is O=C(COc1ccc(F)cc1F)c1ccc(O)cc1O. The molecule has 2 aromatic carbocycles. The van der Waals surface area contributed by atoms with Crippen LogP contribution in [0.2, 0.25) is 0 Å². The monoisotopic (exact) mass is 280 g/mol. The standard InChI is InChI=1S/C14H10F2O4/c15-8-1-4-14(11(16)5-8)20-7-13(19)10-3-2-9(17)6-12(10)18/h1-6,17-18H,7H2. The Balaban J connectivity index is 2.08. The summed E-state index contributed by atoms with van der Waals surface area (Å²) in [6, 6.07) is 6.15. The molecule has 104 valence electrons. The number of benzene rings is 2. The van der Waals surface area contributed by atoms with Gasteiger partial charge in [0.2, 0.25) is 5.78 Å². The molecule has 2 N–H and O–H groups in total. The van der Waals surface area contributed by atoms with Gasteiger partial charge < -0.3 is 14.9 Å². The quantitative estimate of drug-likeness (QED) is 0.845. The molecule has 20 heavy (non-hydrogen) atoms. The maximum absolute atomic E-state index is 13.3. The van der Waals surface area contributed by atoms with Gasteiger partial charge in [-0.1, -0.05) is 0 Å². The number of aromatic hydroxyl groups is 2. The molecule has 0 bridgehead atoms. The molecule has 0 aliphatic carbocycles. The summed E-state index contributed by atoms with van der Waals surface area (Å²) >= 11 is 0. The Kier molecular flexibility index (Phi) is 3.84. The van der Waals surface area contributed by atoms with Crippen LogP contribution in [0.4, 0.5) is 8.78 Å². The molecule has 0 atom stereocenters. The Bertz CT molecular complexity index is 656. The highest BCUT2D eigenvalue weighted by Gasteiger charge is 2.14. The van der Waals surface area contributed by atoms with E-state index in [1.54, 1.807) is 0 Å². The van der Waals surface area contributed by atoms with Crippen molar-refractivity contribution in [1.82, 2.24) is 0 Å².